The molecule has 3 aromatic rings. The van der Waals surface area contributed by atoms with Gasteiger partial charge < -0.3 is 14.6 Å². The number of piperidine rings is 1. The van der Waals surface area contributed by atoms with Crippen LogP contribution in [0.15, 0.2) is 52.9 Å². The van der Waals surface area contributed by atoms with Crippen LogP contribution in [0.5, 0.6) is 0 Å². The number of aromatic nitrogens is 2. The van der Waals surface area contributed by atoms with Crippen LogP contribution >= 0.6 is 0 Å². The highest BCUT2D eigenvalue weighted by Gasteiger charge is 2.28. The maximum atomic E-state index is 13.0. The first-order valence-corrected chi connectivity index (χ1v) is 9.91. The van der Waals surface area contributed by atoms with Gasteiger partial charge in [-0.1, -0.05) is 24.3 Å². The van der Waals surface area contributed by atoms with Gasteiger partial charge in [0, 0.05) is 19.6 Å². The van der Waals surface area contributed by atoms with Crippen LogP contribution < -0.4 is 5.32 Å². The second kappa shape index (κ2) is 9.02. The predicted molar refractivity (Wildman–Crippen MR) is 106 cm³/mol. The molecular weight excluding hydrogens is 390 g/mol. The molecule has 2 heterocycles. The number of likely N-dealkylation sites (tertiary alicyclic amines) is 1. The van der Waals surface area contributed by atoms with E-state index >= 15 is 0 Å². The van der Waals surface area contributed by atoms with Crippen molar-refractivity contribution in [1.82, 2.24) is 20.4 Å². The first-order chi connectivity index (χ1) is 14.6. The van der Waals surface area contributed by atoms with Gasteiger partial charge in [-0.25, -0.2) is 13.6 Å². The molecule has 2 aromatic carbocycles. The molecule has 156 valence electrons. The summed E-state index contributed by atoms with van der Waals surface area (Å²) in [5.41, 5.74) is 1.72. The van der Waals surface area contributed by atoms with Crippen molar-refractivity contribution in [2.45, 2.75) is 31.7 Å². The average molecular weight is 412 g/mol. The fourth-order valence-corrected chi connectivity index (χ4v) is 3.53. The van der Waals surface area contributed by atoms with E-state index in [1.165, 1.54) is 24.3 Å². The lowest BCUT2D eigenvalue weighted by atomic mass is 9.98. The van der Waals surface area contributed by atoms with E-state index in [0.29, 0.717) is 37.8 Å². The number of carbonyl (C=O) groups is 1. The van der Waals surface area contributed by atoms with Gasteiger partial charge >= 0.3 is 6.03 Å². The molecule has 1 saturated heterocycles. The van der Waals surface area contributed by atoms with Crippen molar-refractivity contribution in [2.24, 2.45) is 0 Å². The van der Waals surface area contributed by atoms with E-state index in [1.807, 2.05) is 0 Å². The summed E-state index contributed by atoms with van der Waals surface area (Å²) in [5.74, 6) is 0.370. The van der Waals surface area contributed by atoms with Gasteiger partial charge in [-0.2, -0.15) is 0 Å². The maximum Gasteiger partial charge on any atom is 0.317 e. The number of rotatable bonds is 5. The molecule has 1 unspecified atom stereocenters. The monoisotopic (exact) mass is 412 g/mol. The van der Waals surface area contributed by atoms with Crippen molar-refractivity contribution >= 4 is 6.03 Å². The molecule has 6 nitrogen and oxygen atoms in total. The van der Waals surface area contributed by atoms with Crippen molar-refractivity contribution < 1.29 is 18.0 Å². The Morgan fingerprint density at radius 2 is 1.70 bits per heavy atom. The molecule has 1 N–H and O–H groups in total. The summed E-state index contributed by atoms with van der Waals surface area (Å²) < 4.78 is 31.8. The number of hydrogen-bond acceptors (Lipinski definition) is 4. The highest BCUT2D eigenvalue weighted by molar-refractivity contribution is 5.74. The van der Waals surface area contributed by atoms with Gasteiger partial charge in [0.2, 0.25) is 11.8 Å². The van der Waals surface area contributed by atoms with Crippen LogP contribution in [0.3, 0.4) is 0 Å². The molecular formula is C22H22F2N4O2. The number of urea groups is 1. The molecule has 4 rings (SSSR count). The number of amides is 2. The molecule has 0 saturated carbocycles. The molecule has 0 bridgehead atoms. The van der Waals surface area contributed by atoms with E-state index in [4.69, 9.17) is 4.42 Å². The third kappa shape index (κ3) is 5.00. The van der Waals surface area contributed by atoms with Crippen molar-refractivity contribution in [3.63, 3.8) is 0 Å². The van der Waals surface area contributed by atoms with Crippen molar-refractivity contribution in [3.8, 4) is 0 Å². The second-order valence-corrected chi connectivity index (χ2v) is 7.41. The lowest BCUT2D eigenvalue weighted by molar-refractivity contribution is 0.173. The minimum absolute atomic E-state index is 0.0233. The van der Waals surface area contributed by atoms with Crippen molar-refractivity contribution in [2.75, 3.05) is 13.1 Å². The summed E-state index contributed by atoms with van der Waals surface area (Å²) in [5, 5.41) is 11.1. The van der Waals surface area contributed by atoms with E-state index in [0.717, 1.165) is 24.0 Å². The number of benzene rings is 2. The molecule has 1 aliphatic heterocycles. The Bertz CT molecular complexity index is 989. The Labute approximate surface area is 172 Å². The molecule has 1 aliphatic rings. The van der Waals surface area contributed by atoms with E-state index in [9.17, 15) is 13.6 Å². The molecule has 1 atom stereocenters. The molecule has 8 heteroatoms. The second-order valence-electron chi connectivity index (χ2n) is 7.41. The minimum atomic E-state index is -0.303. The Hall–Kier alpha value is -3.29. The van der Waals surface area contributed by atoms with E-state index in [1.54, 1.807) is 29.2 Å². The van der Waals surface area contributed by atoms with Gasteiger partial charge in [0.1, 0.15) is 11.6 Å². The summed E-state index contributed by atoms with van der Waals surface area (Å²) >= 11 is 0. The van der Waals surface area contributed by atoms with Crippen LogP contribution in [0.25, 0.3) is 0 Å². The van der Waals surface area contributed by atoms with E-state index in [2.05, 4.69) is 15.5 Å². The number of carbonyl (C=O) groups excluding carboxylic acids is 1. The number of halogens is 2. The SMILES string of the molecule is O=C(NCc1ccc(F)cc1)N1CCCC(c2nnc(Cc3ccc(F)cc3)o2)C1. The van der Waals surface area contributed by atoms with Gasteiger partial charge in [-0.3, -0.25) is 0 Å². The molecule has 2 amide bonds. The first-order valence-electron chi connectivity index (χ1n) is 9.91. The highest BCUT2D eigenvalue weighted by Crippen LogP contribution is 2.26. The molecule has 1 fully saturated rings. The third-order valence-corrected chi connectivity index (χ3v) is 5.17. The van der Waals surface area contributed by atoms with Crippen LogP contribution in [0.2, 0.25) is 0 Å². The third-order valence-electron chi connectivity index (χ3n) is 5.17. The zero-order valence-corrected chi connectivity index (χ0v) is 16.4. The smallest absolute Gasteiger partial charge is 0.317 e. The Kier molecular flexibility index (Phi) is 6.02. The average Bonchev–Trinajstić information content (AvgIpc) is 3.23. The molecule has 1 aromatic heterocycles. The molecule has 0 spiro atoms. The number of nitrogens with one attached hydrogen (secondary N) is 1. The summed E-state index contributed by atoms with van der Waals surface area (Å²) in [6.45, 7) is 1.48. The summed E-state index contributed by atoms with van der Waals surface area (Å²) in [6, 6.07) is 12.0. The molecule has 30 heavy (non-hydrogen) atoms. The van der Waals surface area contributed by atoms with Gasteiger partial charge in [-0.05, 0) is 48.2 Å². The van der Waals surface area contributed by atoms with Crippen LogP contribution in [0, 0.1) is 11.6 Å². The zero-order valence-electron chi connectivity index (χ0n) is 16.4. The summed E-state index contributed by atoms with van der Waals surface area (Å²) in [4.78, 5) is 14.3. The highest BCUT2D eigenvalue weighted by atomic mass is 19.1. The first kappa shape index (κ1) is 20.0. The van der Waals surface area contributed by atoms with E-state index in [-0.39, 0.29) is 23.6 Å². The van der Waals surface area contributed by atoms with Crippen LogP contribution in [0.4, 0.5) is 13.6 Å². The lowest BCUT2D eigenvalue weighted by Gasteiger charge is -2.31. The standard InChI is InChI=1S/C22H22F2N4O2/c23-18-7-3-15(4-8-18)12-20-26-27-21(30-20)17-2-1-11-28(14-17)22(29)25-13-16-5-9-19(24)10-6-16/h3-10,17H,1-2,11-14H2,(H,25,29). The van der Waals surface area contributed by atoms with Crippen molar-refractivity contribution in [1.29, 1.82) is 0 Å². The predicted octanol–water partition coefficient (Wildman–Crippen LogP) is 4.03. The topological polar surface area (TPSA) is 71.3 Å². The lowest BCUT2D eigenvalue weighted by Crippen LogP contribution is -2.44. The van der Waals surface area contributed by atoms with Crippen LogP contribution in [-0.2, 0) is 13.0 Å². The number of hydrogen-bond donors (Lipinski definition) is 1. The normalized spacial score (nSPS) is 16.5. The number of nitrogens with zero attached hydrogens (tertiary/aromatic N) is 3. The Balaban J connectivity index is 1.33. The Morgan fingerprint density at radius 1 is 1.03 bits per heavy atom. The summed E-state index contributed by atoms with van der Waals surface area (Å²) in [6.07, 6.45) is 2.13. The Morgan fingerprint density at radius 3 is 2.40 bits per heavy atom. The maximum absolute atomic E-state index is 13.0. The zero-order chi connectivity index (χ0) is 20.9. The quantitative estimate of drug-likeness (QED) is 0.687. The fraction of sp³-hybridized carbons (Fsp3) is 0.318. The molecule has 0 radical (unpaired) electrons. The molecule has 0 aliphatic carbocycles. The largest absolute Gasteiger partial charge is 0.425 e. The minimum Gasteiger partial charge on any atom is -0.425 e. The van der Waals surface area contributed by atoms with Gasteiger partial charge in [-0.15, -0.1) is 10.2 Å². The fourth-order valence-electron chi connectivity index (χ4n) is 3.53. The van der Waals surface area contributed by atoms with Gasteiger partial charge in [0.25, 0.3) is 0 Å². The summed E-state index contributed by atoms with van der Waals surface area (Å²) in [7, 11) is 0. The van der Waals surface area contributed by atoms with Gasteiger partial charge in [0.15, 0.2) is 0 Å². The van der Waals surface area contributed by atoms with Crippen LogP contribution in [0.1, 0.15) is 41.7 Å². The van der Waals surface area contributed by atoms with Gasteiger partial charge in [0.05, 0.1) is 12.3 Å². The van der Waals surface area contributed by atoms with Crippen LogP contribution in [-0.4, -0.2) is 34.2 Å². The van der Waals surface area contributed by atoms with Crippen molar-refractivity contribution in [3.05, 3.63) is 83.1 Å². The van der Waals surface area contributed by atoms with E-state index < -0.39 is 0 Å².